The van der Waals surface area contributed by atoms with Gasteiger partial charge in [-0.15, -0.1) is 0 Å². The Morgan fingerprint density at radius 1 is 0.906 bits per heavy atom. The minimum absolute atomic E-state index is 0.238. The molecule has 6 rings (SSSR count). The SMILES string of the molecule is O=C(COC(=O)c1cc2c3c(c1)[C@@H]1C=CC[C@H]1CN3C[C@@H]1CC=C[C@H]21)c1ccc(Cl)cc1. The third kappa shape index (κ3) is 3.20. The van der Waals surface area contributed by atoms with Crippen molar-refractivity contribution in [3.05, 3.63) is 88.0 Å². The summed E-state index contributed by atoms with van der Waals surface area (Å²) in [6, 6.07) is 10.6. The van der Waals surface area contributed by atoms with Gasteiger partial charge in [-0.2, -0.15) is 0 Å². The summed E-state index contributed by atoms with van der Waals surface area (Å²) >= 11 is 5.89. The zero-order valence-electron chi connectivity index (χ0n) is 17.7. The second kappa shape index (κ2) is 7.63. The third-order valence-corrected chi connectivity index (χ3v) is 7.68. The molecule has 0 saturated carbocycles. The number of nitrogens with zero attached hydrogens (tertiary/aromatic N) is 1. The van der Waals surface area contributed by atoms with E-state index in [1.54, 1.807) is 24.3 Å². The molecule has 32 heavy (non-hydrogen) atoms. The van der Waals surface area contributed by atoms with Crippen molar-refractivity contribution in [3.8, 4) is 0 Å². The average Bonchev–Trinajstić information content (AvgIpc) is 3.47. The fourth-order valence-electron chi connectivity index (χ4n) is 5.93. The summed E-state index contributed by atoms with van der Waals surface area (Å²) in [6.45, 7) is 1.89. The molecule has 0 amide bonds. The molecule has 0 fully saturated rings. The number of benzene rings is 2. The zero-order valence-corrected chi connectivity index (χ0v) is 18.4. The van der Waals surface area contributed by atoms with Crippen LogP contribution in [0.1, 0.15) is 56.5 Å². The topological polar surface area (TPSA) is 46.6 Å². The minimum Gasteiger partial charge on any atom is -0.454 e. The number of hydrogen-bond donors (Lipinski definition) is 0. The van der Waals surface area contributed by atoms with Crippen molar-refractivity contribution in [2.75, 3.05) is 24.6 Å². The van der Waals surface area contributed by atoms with Crippen molar-refractivity contribution in [2.24, 2.45) is 11.8 Å². The first kappa shape index (κ1) is 19.8. The predicted octanol–water partition coefficient (Wildman–Crippen LogP) is 5.53. The number of hydrogen-bond acceptors (Lipinski definition) is 4. The van der Waals surface area contributed by atoms with Gasteiger partial charge in [0.05, 0.1) is 5.56 Å². The van der Waals surface area contributed by atoms with E-state index in [0.29, 0.717) is 39.8 Å². The molecule has 0 radical (unpaired) electrons. The van der Waals surface area contributed by atoms with Gasteiger partial charge in [0.2, 0.25) is 0 Å². The first-order chi connectivity index (χ1) is 15.6. The van der Waals surface area contributed by atoms with Crippen molar-refractivity contribution in [3.63, 3.8) is 0 Å². The Bertz CT molecular complexity index is 1110. The predicted molar refractivity (Wildman–Crippen MR) is 125 cm³/mol. The van der Waals surface area contributed by atoms with E-state index >= 15 is 0 Å². The van der Waals surface area contributed by atoms with Gasteiger partial charge in [-0.3, -0.25) is 4.79 Å². The lowest BCUT2D eigenvalue weighted by molar-refractivity contribution is 0.0474. The van der Waals surface area contributed by atoms with Crippen molar-refractivity contribution < 1.29 is 14.3 Å². The Balaban J connectivity index is 1.31. The molecule has 2 aromatic carbocycles. The van der Waals surface area contributed by atoms with Crippen molar-refractivity contribution in [2.45, 2.75) is 24.7 Å². The van der Waals surface area contributed by atoms with Crippen molar-refractivity contribution in [1.82, 2.24) is 0 Å². The second-order valence-corrected chi connectivity index (χ2v) is 9.75. The first-order valence-corrected chi connectivity index (χ1v) is 11.7. The lowest BCUT2D eigenvalue weighted by Crippen LogP contribution is -2.43. The maximum absolute atomic E-state index is 13.0. The zero-order chi connectivity index (χ0) is 21.8. The third-order valence-electron chi connectivity index (χ3n) is 7.43. The number of anilines is 1. The van der Waals surface area contributed by atoms with Gasteiger partial charge in [-0.05, 0) is 72.2 Å². The van der Waals surface area contributed by atoms with E-state index in [-0.39, 0.29) is 12.4 Å². The van der Waals surface area contributed by atoms with E-state index in [9.17, 15) is 9.59 Å². The smallest absolute Gasteiger partial charge is 0.338 e. The molecule has 0 bridgehead atoms. The fourth-order valence-corrected chi connectivity index (χ4v) is 6.05. The van der Waals surface area contributed by atoms with Crippen molar-refractivity contribution in [1.29, 1.82) is 0 Å². The van der Waals surface area contributed by atoms with Crippen molar-refractivity contribution >= 4 is 29.0 Å². The summed E-state index contributed by atoms with van der Waals surface area (Å²) in [6.07, 6.45) is 11.3. The maximum Gasteiger partial charge on any atom is 0.338 e. The van der Waals surface area contributed by atoms with Crippen LogP contribution >= 0.6 is 11.6 Å². The quantitative estimate of drug-likeness (QED) is 0.352. The average molecular weight is 446 g/mol. The monoisotopic (exact) mass is 445 g/mol. The Kier molecular flexibility index (Phi) is 4.72. The molecule has 0 N–H and O–H groups in total. The highest BCUT2D eigenvalue weighted by Crippen LogP contribution is 2.53. The lowest BCUT2D eigenvalue weighted by Gasteiger charge is -2.46. The molecule has 0 aromatic heterocycles. The number of allylic oxidation sites excluding steroid dienone is 4. The van der Waals surface area contributed by atoms with E-state index in [1.807, 2.05) is 12.1 Å². The molecule has 2 aliphatic heterocycles. The van der Waals surface area contributed by atoms with Gasteiger partial charge in [0, 0.05) is 41.2 Å². The Morgan fingerprint density at radius 3 is 2.09 bits per heavy atom. The van der Waals surface area contributed by atoms with Crippen LogP contribution in [0.5, 0.6) is 0 Å². The molecule has 0 unspecified atom stereocenters. The first-order valence-electron chi connectivity index (χ1n) is 11.3. The molecule has 5 heteroatoms. The van der Waals surface area contributed by atoms with Gasteiger partial charge in [-0.25, -0.2) is 4.79 Å². The van der Waals surface area contributed by atoms with Crippen LogP contribution in [0, 0.1) is 11.8 Å². The Morgan fingerprint density at radius 2 is 1.50 bits per heavy atom. The summed E-state index contributed by atoms with van der Waals surface area (Å²) in [5, 5.41) is 0.564. The van der Waals surface area contributed by atoms with Crippen LogP contribution in [0.4, 0.5) is 5.69 Å². The molecule has 4 atom stereocenters. The summed E-state index contributed by atoms with van der Waals surface area (Å²) < 4.78 is 5.46. The molecule has 2 aromatic rings. The molecule has 0 saturated heterocycles. The number of carbonyl (C=O) groups is 2. The summed E-state index contributed by atoms with van der Waals surface area (Å²) in [7, 11) is 0. The molecule has 2 heterocycles. The number of rotatable bonds is 4. The Hall–Kier alpha value is -2.85. The van der Waals surface area contributed by atoms with Gasteiger partial charge in [0.25, 0.3) is 0 Å². The highest BCUT2D eigenvalue weighted by atomic mass is 35.5. The van der Waals surface area contributed by atoms with Gasteiger partial charge >= 0.3 is 5.97 Å². The van der Waals surface area contributed by atoms with Crippen LogP contribution in [-0.2, 0) is 4.74 Å². The number of fused-ring (bicyclic) bond motifs is 4. The van der Waals surface area contributed by atoms with Crippen LogP contribution in [0.2, 0.25) is 5.02 Å². The molecule has 2 aliphatic carbocycles. The van der Waals surface area contributed by atoms with E-state index in [2.05, 4.69) is 29.2 Å². The number of carbonyl (C=O) groups excluding carboxylic acids is 2. The lowest BCUT2D eigenvalue weighted by atomic mass is 9.74. The van der Waals surface area contributed by atoms with E-state index in [4.69, 9.17) is 16.3 Å². The number of ketones is 1. The number of esters is 1. The van der Waals surface area contributed by atoms with Crippen LogP contribution in [0.25, 0.3) is 0 Å². The van der Waals surface area contributed by atoms with E-state index in [1.165, 1.54) is 16.8 Å². The van der Waals surface area contributed by atoms with Gasteiger partial charge in [0.15, 0.2) is 12.4 Å². The molecular weight excluding hydrogens is 422 g/mol. The molecule has 162 valence electrons. The maximum atomic E-state index is 13.0. The number of Topliss-reactive ketones (excluding diaryl/α,β-unsaturated/α-hetero) is 1. The van der Waals surface area contributed by atoms with E-state index < -0.39 is 5.97 Å². The molecule has 0 spiro atoms. The van der Waals surface area contributed by atoms with Gasteiger partial charge in [0.1, 0.15) is 0 Å². The van der Waals surface area contributed by atoms with E-state index in [0.717, 1.165) is 25.9 Å². The fraction of sp³-hybridized carbons (Fsp3) is 0.333. The van der Waals surface area contributed by atoms with Crippen LogP contribution in [0.3, 0.4) is 0 Å². The Labute approximate surface area is 192 Å². The molecular formula is C27H24ClNO3. The van der Waals surface area contributed by atoms with Crippen LogP contribution in [0.15, 0.2) is 60.7 Å². The number of halogens is 1. The van der Waals surface area contributed by atoms with Gasteiger partial charge in [-0.1, -0.05) is 35.9 Å². The second-order valence-electron chi connectivity index (χ2n) is 9.31. The largest absolute Gasteiger partial charge is 0.454 e. The van der Waals surface area contributed by atoms with Gasteiger partial charge < -0.3 is 9.64 Å². The molecule has 4 nitrogen and oxygen atoms in total. The highest BCUT2D eigenvalue weighted by molar-refractivity contribution is 6.30. The summed E-state index contributed by atoms with van der Waals surface area (Å²) in [5.74, 6) is 1.16. The highest BCUT2D eigenvalue weighted by Gasteiger charge is 2.42. The molecule has 4 aliphatic rings. The minimum atomic E-state index is -0.439. The summed E-state index contributed by atoms with van der Waals surface area (Å²) in [5.41, 5.74) is 4.82. The standard InChI is InChI=1S/C27H24ClNO3/c28-20-9-7-16(8-10-20)25(30)15-32-27(31)19-11-23-21-5-1-3-17(21)13-29-14-18-4-2-6-22(18)24(12-19)26(23)29/h1-2,5-12,17-18,21-22H,3-4,13-15H2/t17-,18-,21-,22+/m0/s1. The number of ether oxygens (including phenoxy) is 1. The van der Waals surface area contributed by atoms with Crippen LogP contribution < -0.4 is 4.90 Å². The summed E-state index contributed by atoms with van der Waals surface area (Å²) in [4.78, 5) is 28.0. The van der Waals surface area contributed by atoms with Crippen LogP contribution in [-0.4, -0.2) is 31.4 Å². The normalized spacial score (nSPS) is 26.5.